The van der Waals surface area contributed by atoms with E-state index in [1.165, 1.54) is 11.3 Å². The van der Waals surface area contributed by atoms with E-state index in [-0.39, 0.29) is 11.9 Å². The second-order valence-electron chi connectivity index (χ2n) is 4.96. The van der Waals surface area contributed by atoms with Gasteiger partial charge in [0.25, 0.3) is 5.91 Å². The summed E-state index contributed by atoms with van der Waals surface area (Å²) < 4.78 is 0. The maximum Gasteiger partial charge on any atom is 0.308 e. The predicted molar refractivity (Wildman–Crippen MR) is 72.4 cm³/mol. The van der Waals surface area contributed by atoms with Crippen LogP contribution in [0.2, 0.25) is 0 Å². The third kappa shape index (κ3) is 3.12. The topological polar surface area (TPSA) is 79.3 Å². The Morgan fingerprint density at radius 1 is 1.32 bits per heavy atom. The molecule has 1 heterocycles. The summed E-state index contributed by atoms with van der Waals surface area (Å²) in [4.78, 5) is 28.2. The number of carbonyl (C=O) groups is 2. The minimum atomic E-state index is -0.817. The van der Waals surface area contributed by atoms with Crippen molar-refractivity contribution in [2.75, 3.05) is 0 Å². The first-order valence-electron chi connectivity index (χ1n) is 6.46. The van der Waals surface area contributed by atoms with Gasteiger partial charge in [0.05, 0.1) is 16.6 Å². The molecule has 0 spiro atoms. The number of aryl methyl sites for hydroxylation is 2. The SMILES string of the molecule is Cc1nc(C)c(C(=O)NC2CCCCC2C(=O)O)s1. The molecule has 1 aliphatic rings. The second-order valence-corrected chi connectivity index (χ2v) is 6.16. The van der Waals surface area contributed by atoms with Crippen molar-refractivity contribution in [3.05, 3.63) is 15.6 Å². The maximum atomic E-state index is 12.2. The smallest absolute Gasteiger partial charge is 0.308 e. The lowest BCUT2D eigenvalue weighted by molar-refractivity contribution is -0.143. The lowest BCUT2D eigenvalue weighted by atomic mass is 9.84. The highest BCUT2D eigenvalue weighted by Crippen LogP contribution is 2.26. The average Bonchev–Trinajstić information content (AvgIpc) is 2.69. The van der Waals surface area contributed by atoms with Crippen LogP contribution >= 0.6 is 11.3 Å². The average molecular weight is 282 g/mol. The molecular weight excluding hydrogens is 264 g/mol. The highest BCUT2D eigenvalue weighted by atomic mass is 32.1. The number of carbonyl (C=O) groups excluding carboxylic acids is 1. The van der Waals surface area contributed by atoms with E-state index in [2.05, 4.69) is 10.3 Å². The van der Waals surface area contributed by atoms with Crippen LogP contribution in [0.25, 0.3) is 0 Å². The van der Waals surface area contributed by atoms with Crippen molar-refractivity contribution >= 4 is 23.2 Å². The van der Waals surface area contributed by atoms with Gasteiger partial charge >= 0.3 is 5.97 Å². The fraction of sp³-hybridized carbons (Fsp3) is 0.615. The molecule has 0 aliphatic heterocycles. The van der Waals surface area contributed by atoms with Gasteiger partial charge in [0, 0.05) is 6.04 Å². The molecule has 1 saturated carbocycles. The minimum Gasteiger partial charge on any atom is -0.481 e. The highest BCUT2D eigenvalue weighted by molar-refractivity contribution is 7.13. The van der Waals surface area contributed by atoms with Crippen LogP contribution in [0.1, 0.15) is 46.1 Å². The molecule has 2 unspecified atom stereocenters. The summed E-state index contributed by atoms with van der Waals surface area (Å²) in [5.74, 6) is -1.48. The molecule has 1 aliphatic carbocycles. The zero-order valence-electron chi connectivity index (χ0n) is 11.1. The summed E-state index contributed by atoms with van der Waals surface area (Å²) in [6.45, 7) is 3.66. The van der Waals surface area contributed by atoms with E-state index >= 15 is 0 Å². The molecule has 2 N–H and O–H groups in total. The summed E-state index contributed by atoms with van der Waals surface area (Å²) >= 11 is 1.35. The van der Waals surface area contributed by atoms with Crippen molar-refractivity contribution in [2.45, 2.75) is 45.6 Å². The van der Waals surface area contributed by atoms with Crippen LogP contribution in [0.5, 0.6) is 0 Å². The second kappa shape index (κ2) is 5.69. The number of nitrogens with one attached hydrogen (secondary N) is 1. The Labute approximate surface area is 116 Å². The number of hydrogen-bond acceptors (Lipinski definition) is 4. The summed E-state index contributed by atoms with van der Waals surface area (Å²) in [5.41, 5.74) is 0.711. The Balaban J connectivity index is 2.09. The van der Waals surface area contributed by atoms with Crippen LogP contribution in [0, 0.1) is 19.8 Å². The Kier molecular flexibility index (Phi) is 4.19. The van der Waals surface area contributed by atoms with Crippen LogP contribution in [-0.4, -0.2) is 28.0 Å². The molecule has 2 atom stereocenters. The van der Waals surface area contributed by atoms with Gasteiger partial charge in [-0.3, -0.25) is 9.59 Å². The molecular formula is C13H18N2O3S. The van der Waals surface area contributed by atoms with Crippen LogP contribution in [0.4, 0.5) is 0 Å². The van der Waals surface area contributed by atoms with Gasteiger partial charge in [-0.05, 0) is 26.7 Å². The number of carboxylic acid groups (broad SMARTS) is 1. The molecule has 5 nitrogen and oxygen atoms in total. The first-order chi connectivity index (χ1) is 8.99. The van der Waals surface area contributed by atoms with E-state index < -0.39 is 11.9 Å². The summed E-state index contributed by atoms with van der Waals surface area (Å²) in [6, 6.07) is -0.263. The third-order valence-corrected chi connectivity index (χ3v) is 4.58. The number of aromatic nitrogens is 1. The molecule has 1 fully saturated rings. The Morgan fingerprint density at radius 3 is 2.58 bits per heavy atom. The molecule has 0 aromatic carbocycles. The van der Waals surface area contributed by atoms with Crippen molar-refractivity contribution in [3.8, 4) is 0 Å². The normalized spacial score (nSPS) is 23.1. The van der Waals surface area contributed by atoms with Gasteiger partial charge in [-0.1, -0.05) is 12.8 Å². The number of rotatable bonds is 3. The number of thiazole rings is 1. The van der Waals surface area contributed by atoms with Crippen molar-refractivity contribution in [3.63, 3.8) is 0 Å². The molecule has 6 heteroatoms. The standard InChI is InChI=1S/C13H18N2O3S/c1-7-11(19-8(2)14-7)12(16)15-10-6-4-3-5-9(10)13(17)18/h9-10H,3-6H2,1-2H3,(H,15,16)(H,17,18). The summed E-state index contributed by atoms with van der Waals surface area (Å²) in [5, 5.41) is 12.9. The number of amides is 1. The molecule has 0 bridgehead atoms. The van der Waals surface area contributed by atoms with Crippen LogP contribution in [0.15, 0.2) is 0 Å². The monoisotopic (exact) mass is 282 g/mol. The zero-order valence-corrected chi connectivity index (χ0v) is 11.9. The van der Waals surface area contributed by atoms with Gasteiger partial charge in [-0.2, -0.15) is 0 Å². The molecule has 0 saturated heterocycles. The molecule has 1 aromatic rings. The molecule has 2 rings (SSSR count). The third-order valence-electron chi connectivity index (χ3n) is 3.51. The van der Waals surface area contributed by atoms with Gasteiger partial charge in [0.2, 0.25) is 0 Å². The van der Waals surface area contributed by atoms with Gasteiger partial charge < -0.3 is 10.4 Å². The fourth-order valence-electron chi connectivity index (χ4n) is 2.58. The molecule has 104 valence electrons. The number of carboxylic acids is 1. The van der Waals surface area contributed by atoms with E-state index in [9.17, 15) is 14.7 Å². The van der Waals surface area contributed by atoms with Crippen molar-refractivity contribution in [1.29, 1.82) is 0 Å². The number of aliphatic carboxylic acids is 1. The molecule has 1 amide bonds. The van der Waals surface area contributed by atoms with E-state index in [0.717, 1.165) is 24.3 Å². The van der Waals surface area contributed by atoms with Crippen molar-refractivity contribution < 1.29 is 14.7 Å². The fourth-order valence-corrected chi connectivity index (χ4v) is 3.40. The Hall–Kier alpha value is -1.43. The Morgan fingerprint density at radius 2 is 2.00 bits per heavy atom. The maximum absolute atomic E-state index is 12.2. The van der Waals surface area contributed by atoms with Crippen LogP contribution in [0.3, 0.4) is 0 Å². The Bertz CT molecular complexity index is 498. The lowest BCUT2D eigenvalue weighted by Crippen LogP contribution is -2.45. The zero-order chi connectivity index (χ0) is 14.0. The van der Waals surface area contributed by atoms with Crippen molar-refractivity contribution in [1.82, 2.24) is 10.3 Å². The van der Waals surface area contributed by atoms with E-state index in [0.29, 0.717) is 17.0 Å². The quantitative estimate of drug-likeness (QED) is 0.890. The van der Waals surface area contributed by atoms with Gasteiger partial charge in [0.1, 0.15) is 4.88 Å². The first kappa shape index (κ1) is 14.0. The first-order valence-corrected chi connectivity index (χ1v) is 7.28. The number of nitrogens with zero attached hydrogens (tertiary/aromatic N) is 1. The summed E-state index contributed by atoms with van der Waals surface area (Å²) in [6.07, 6.45) is 3.26. The largest absolute Gasteiger partial charge is 0.481 e. The van der Waals surface area contributed by atoms with Gasteiger partial charge in [-0.15, -0.1) is 11.3 Å². The van der Waals surface area contributed by atoms with Crippen molar-refractivity contribution in [2.24, 2.45) is 5.92 Å². The molecule has 0 radical (unpaired) electrons. The van der Waals surface area contributed by atoms with E-state index in [4.69, 9.17) is 0 Å². The predicted octanol–water partition coefficient (Wildman–Crippen LogP) is 2.13. The van der Waals surface area contributed by atoms with Gasteiger partial charge in [-0.25, -0.2) is 4.98 Å². The van der Waals surface area contributed by atoms with Gasteiger partial charge in [0.15, 0.2) is 0 Å². The van der Waals surface area contributed by atoms with Crippen LogP contribution in [-0.2, 0) is 4.79 Å². The van der Waals surface area contributed by atoms with E-state index in [1.807, 2.05) is 6.92 Å². The number of hydrogen-bond donors (Lipinski definition) is 2. The summed E-state index contributed by atoms with van der Waals surface area (Å²) in [7, 11) is 0. The van der Waals surface area contributed by atoms with Crippen LogP contribution < -0.4 is 5.32 Å². The molecule has 19 heavy (non-hydrogen) atoms. The highest BCUT2D eigenvalue weighted by Gasteiger charge is 2.32. The molecule has 1 aromatic heterocycles. The lowest BCUT2D eigenvalue weighted by Gasteiger charge is -2.29. The minimum absolute atomic E-state index is 0.193. The van der Waals surface area contributed by atoms with E-state index in [1.54, 1.807) is 6.92 Å².